The molecule has 1 aromatic carbocycles. The van der Waals surface area contributed by atoms with Gasteiger partial charge >= 0.3 is 0 Å². The summed E-state index contributed by atoms with van der Waals surface area (Å²) >= 11 is 1.60. The van der Waals surface area contributed by atoms with Gasteiger partial charge in [-0.15, -0.1) is 0 Å². The zero-order chi connectivity index (χ0) is 19.0. The Labute approximate surface area is 160 Å². The Morgan fingerprint density at radius 3 is 2.44 bits per heavy atom. The monoisotopic (exact) mass is 380 g/mol. The van der Waals surface area contributed by atoms with E-state index in [9.17, 15) is 9.59 Å². The number of aliphatic hydroxyl groups is 1. The molecule has 0 saturated heterocycles. The Hall–Kier alpha value is -2.90. The molecule has 1 N–H and O–H groups in total. The molecule has 0 unspecified atom stereocenters. The van der Waals surface area contributed by atoms with Gasteiger partial charge in [0, 0.05) is 20.0 Å². The molecule has 0 atom stereocenters. The van der Waals surface area contributed by atoms with Crippen LogP contribution < -0.4 is 9.47 Å². The van der Waals surface area contributed by atoms with E-state index in [1.54, 1.807) is 47.7 Å². The first kappa shape index (κ1) is 17.5. The van der Waals surface area contributed by atoms with E-state index in [2.05, 4.69) is 9.55 Å². The molecule has 0 spiro atoms. The molecule has 4 rings (SSSR count). The maximum atomic E-state index is 12.6. The van der Waals surface area contributed by atoms with Crippen LogP contribution in [0.3, 0.4) is 0 Å². The predicted molar refractivity (Wildman–Crippen MR) is 101 cm³/mol. The lowest BCUT2D eigenvalue weighted by molar-refractivity contribution is -0.690. The normalized spacial score (nSPS) is 13.3. The number of benzene rings is 1. The average Bonchev–Trinajstić information content (AvgIpc) is 3.14. The molecule has 1 aliphatic heterocycles. The van der Waals surface area contributed by atoms with Crippen molar-refractivity contribution in [3.8, 4) is 0 Å². The van der Waals surface area contributed by atoms with Gasteiger partial charge in [0.2, 0.25) is 5.51 Å². The van der Waals surface area contributed by atoms with Crippen LogP contribution >= 0.6 is 11.3 Å². The zero-order valence-corrected chi connectivity index (χ0v) is 15.6. The number of hydrogen-bond donors (Lipinski definition) is 1. The van der Waals surface area contributed by atoms with Crippen LogP contribution in [-0.2, 0) is 13.0 Å². The van der Waals surface area contributed by atoms with E-state index in [0.29, 0.717) is 29.9 Å². The van der Waals surface area contributed by atoms with Crippen molar-refractivity contribution in [3.05, 3.63) is 75.4 Å². The standard InChI is InChI=1S/C20H18N3O3S/c1-13-17(9-10-24)27-12-22(13)11-14-5-4-8-18(21-14)23-19(25)15-6-2-3-7-16(15)20(23)26/h2-8,12,24H,9-11H2,1H3/q+1. The largest absolute Gasteiger partial charge is 0.396 e. The van der Waals surface area contributed by atoms with Crippen molar-refractivity contribution in [1.29, 1.82) is 0 Å². The van der Waals surface area contributed by atoms with E-state index in [4.69, 9.17) is 5.11 Å². The summed E-state index contributed by atoms with van der Waals surface area (Å²) in [7, 11) is 0. The number of anilines is 1. The summed E-state index contributed by atoms with van der Waals surface area (Å²) in [6, 6.07) is 12.2. The molecule has 0 aliphatic carbocycles. The number of fused-ring (bicyclic) bond motifs is 1. The number of aliphatic hydroxyl groups excluding tert-OH is 1. The van der Waals surface area contributed by atoms with Crippen LogP contribution in [0.4, 0.5) is 5.82 Å². The number of pyridine rings is 1. The molecule has 6 nitrogen and oxygen atoms in total. The molecule has 3 heterocycles. The number of rotatable bonds is 5. The van der Waals surface area contributed by atoms with Crippen molar-refractivity contribution in [2.75, 3.05) is 11.5 Å². The van der Waals surface area contributed by atoms with Gasteiger partial charge in [0.1, 0.15) is 11.5 Å². The predicted octanol–water partition coefficient (Wildman–Crippen LogP) is 2.12. The molecular formula is C20H18N3O3S+. The molecule has 2 amide bonds. The fraction of sp³-hybridized carbons (Fsp3) is 0.200. The Morgan fingerprint density at radius 1 is 1.07 bits per heavy atom. The molecule has 3 aromatic rings. The maximum Gasteiger partial charge on any atom is 0.267 e. The molecule has 0 saturated carbocycles. The van der Waals surface area contributed by atoms with Gasteiger partial charge in [0.15, 0.2) is 12.2 Å². The second-order valence-corrected chi connectivity index (χ2v) is 7.25. The lowest BCUT2D eigenvalue weighted by Crippen LogP contribution is -2.36. The first-order valence-electron chi connectivity index (χ1n) is 8.61. The summed E-state index contributed by atoms with van der Waals surface area (Å²) in [5, 5.41) is 9.14. The number of amides is 2. The van der Waals surface area contributed by atoms with Gasteiger partial charge in [-0.25, -0.2) is 9.88 Å². The minimum Gasteiger partial charge on any atom is -0.396 e. The molecule has 1 aliphatic rings. The SMILES string of the molecule is Cc1c(CCO)sc[n+]1Cc1cccc(N2C(=O)c3ccccc3C2=O)n1. The Morgan fingerprint density at radius 2 is 1.78 bits per heavy atom. The van der Waals surface area contributed by atoms with Crippen molar-refractivity contribution >= 4 is 29.0 Å². The topological polar surface area (TPSA) is 74.4 Å². The van der Waals surface area contributed by atoms with Crippen molar-refractivity contribution in [2.45, 2.75) is 19.9 Å². The van der Waals surface area contributed by atoms with Crippen molar-refractivity contribution in [3.63, 3.8) is 0 Å². The van der Waals surface area contributed by atoms with Crippen molar-refractivity contribution in [2.24, 2.45) is 0 Å². The summed E-state index contributed by atoms with van der Waals surface area (Å²) in [6.45, 7) is 2.66. The fourth-order valence-electron chi connectivity index (χ4n) is 3.20. The van der Waals surface area contributed by atoms with E-state index in [1.807, 2.05) is 18.5 Å². The van der Waals surface area contributed by atoms with Crippen molar-refractivity contribution < 1.29 is 19.3 Å². The highest BCUT2D eigenvalue weighted by atomic mass is 32.1. The summed E-state index contributed by atoms with van der Waals surface area (Å²) < 4.78 is 2.06. The van der Waals surface area contributed by atoms with E-state index < -0.39 is 0 Å². The van der Waals surface area contributed by atoms with Crippen LogP contribution in [0.15, 0.2) is 48.0 Å². The van der Waals surface area contributed by atoms with Crippen molar-refractivity contribution in [1.82, 2.24) is 4.98 Å². The maximum absolute atomic E-state index is 12.6. The highest BCUT2D eigenvalue weighted by Crippen LogP contribution is 2.27. The zero-order valence-electron chi connectivity index (χ0n) is 14.8. The summed E-state index contributed by atoms with van der Waals surface area (Å²) in [4.78, 5) is 32.1. The second-order valence-electron chi connectivity index (χ2n) is 6.31. The number of nitrogens with zero attached hydrogens (tertiary/aromatic N) is 3. The van der Waals surface area contributed by atoms with Crippen LogP contribution in [0.1, 0.15) is 37.0 Å². The third kappa shape index (κ3) is 3.05. The van der Waals surface area contributed by atoms with Crippen LogP contribution in [0.5, 0.6) is 0 Å². The van der Waals surface area contributed by atoms with Crippen LogP contribution in [0, 0.1) is 6.92 Å². The molecule has 0 bridgehead atoms. The first-order chi connectivity index (χ1) is 13.1. The molecule has 0 radical (unpaired) electrons. The van der Waals surface area contributed by atoms with E-state index in [0.717, 1.165) is 21.2 Å². The number of thiazole rings is 1. The van der Waals surface area contributed by atoms with Crippen LogP contribution in [-0.4, -0.2) is 28.5 Å². The molecule has 2 aromatic heterocycles. The molecule has 27 heavy (non-hydrogen) atoms. The van der Waals surface area contributed by atoms with Crippen LogP contribution in [0.25, 0.3) is 0 Å². The van der Waals surface area contributed by atoms with Gasteiger partial charge in [0.05, 0.1) is 16.0 Å². The van der Waals surface area contributed by atoms with E-state index >= 15 is 0 Å². The number of carbonyl (C=O) groups is 2. The molecule has 0 fully saturated rings. The quantitative estimate of drug-likeness (QED) is 0.544. The summed E-state index contributed by atoms with van der Waals surface area (Å²) in [5.41, 5.74) is 4.65. The van der Waals surface area contributed by atoms with Gasteiger partial charge in [-0.3, -0.25) is 9.59 Å². The third-order valence-electron chi connectivity index (χ3n) is 4.64. The molecule has 7 heteroatoms. The minimum atomic E-state index is -0.343. The average molecular weight is 380 g/mol. The lowest BCUT2D eigenvalue weighted by Gasteiger charge is -2.13. The number of imide groups is 1. The highest BCUT2D eigenvalue weighted by Gasteiger charge is 2.37. The molecular weight excluding hydrogens is 362 g/mol. The Bertz CT molecular complexity index is 1010. The highest BCUT2D eigenvalue weighted by molar-refractivity contribution is 7.09. The van der Waals surface area contributed by atoms with E-state index in [-0.39, 0.29) is 18.4 Å². The second kappa shape index (κ2) is 7.02. The van der Waals surface area contributed by atoms with Gasteiger partial charge in [-0.1, -0.05) is 29.5 Å². The fourth-order valence-corrected chi connectivity index (χ4v) is 4.18. The Balaban J connectivity index is 1.62. The smallest absolute Gasteiger partial charge is 0.267 e. The minimum absolute atomic E-state index is 0.120. The first-order valence-corrected chi connectivity index (χ1v) is 9.49. The summed E-state index contributed by atoms with van der Waals surface area (Å²) in [6.07, 6.45) is 0.631. The lowest BCUT2D eigenvalue weighted by atomic mass is 10.1. The molecule has 136 valence electrons. The third-order valence-corrected chi connectivity index (χ3v) is 5.79. The van der Waals surface area contributed by atoms with Gasteiger partial charge in [0.25, 0.3) is 11.8 Å². The Kier molecular flexibility index (Phi) is 4.55. The number of hydrogen-bond acceptors (Lipinski definition) is 5. The summed E-state index contributed by atoms with van der Waals surface area (Å²) in [5.74, 6) is -0.350. The number of aromatic nitrogens is 2. The van der Waals surface area contributed by atoms with Crippen LogP contribution in [0.2, 0.25) is 0 Å². The van der Waals surface area contributed by atoms with Gasteiger partial charge in [-0.05, 0) is 24.3 Å². The van der Waals surface area contributed by atoms with Gasteiger partial charge in [-0.2, -0.15) is 4.57 Å². The number of carbonyl (C=O) groups excluding carboxylic acids is 2. The van der Waals surface area contributed by atoms with E-state index in [1.165, 1.54) is 0 Å². The van der Waals surface area contributed by atoms with Gasteiger partial charge < -0.3 is 5.11 Å².